The van der Waals surface area contributed by atoms with Crippen molar-refractivity contribution in [2.75, 3.05) is 6.61 Å². The highest BCUT2D eigenvalue weighted by Crippen LogP contribution is 2.35. The zero-order valence-electron chi connectivity index (χ0n) is 16.4. The van der Waals surface area contributed by atoms with E-state index in [1.165, 1.54) is 6.42 Å². The van der Waals surface area contributed by atoms with Crippen LogP contribution >= 0.6 is 0 Å². The third-order valence-corrected chi connectivity index (χ3v) is 4.81. The Kier molecular flexibility index (Phi) is 9.17. The molecule has 0 aliphatic heterocycles. The molecule has 3 heteroatoms. The van der Waals surface area contributed by atoms with Crippen LogP contribution in [0.25, 0.3) is 0 Å². The van der Waals surface area contributed by atoms with Crippen LogP contribution in [0.15, 0.2) is 23.5 Å². The van der Waals surface area contributed by atoms with Crippen LogP contribution in [0.2, 0.25) is 0 Å². The van der Waals surface area contributed by atoms with Gasteiger partial charge in [0.05, 0.1) is 0 Å². The average molecular weight is 337 g/mol. The van der Waals surface area contributed by atoms with Gasteiger partial charge in [0.15, 0.2) is 0 Å². The number of allylic oxidation sites excluding steroid dienone is 2. The summed E-state index contributed by atoms with van der Waals surface area (Å²) in [5.41, 5.74) is 0.869. The molecule has 1 rings (SSSR count). The van der Waals surface area contributed by atoms with Crippen molar-refractivity contribution >= 4 is 5.97 Å². The number of hydrogen-bond donors (Lipinski definition) is 0. The van der Waals surface area contributed by atoms with Crippen LogP contribution in [-0.4, -0.2) is 18.7 Å². The van der Waals surface area contributed by atoms with Gasteiger partial charge >= 0.3 is 5.97 Å². The molecule has 0 heterocycles. The maximum Gasteiger partial charge on any atom is 0.373 e. The number of carbonyl (C=O) groups is 1. The van der Waals surface area contributed by atoms with Crippen LogP contribution in [0.1, 0.15) is 73.6 Å². The van der Waals surface area contributed by atoms with E-state index in [0.717, 1.165) is 31.3 Å². The first-order chi connectivity index (χ1) is 11.4. The van der Waals surface area contributed by atoms with Crippen LogP contribution in [0.4, 0.5) is 0 Å². The zero-order valence-corrected chi connectivity index (χ0v) is 16.4. The van der Waals surface area contributed by atoms with E-state index in [2.05, 4.69) is 33.8 Å². The maximum atomic E-state index is 12.6. The molecule has 0 unspecified atom stereocenters. The van der Waals surface area contributed by atoms with E-state index in [1.807, 2.05) is 19.9 Å². The van der Waals surface area contributed by atoms with Gasteiger partial charge in [-0.25, -0.2) is 4.79 Å². The van der Waals surface area contributed by atoms with Gasteiger partial charge in [0.25, 0.3) is 0 Å². The van der Waals surface area contributed by atoms with Gasteiger partial charge in [0, 0.05) is 0 Å². The van der Waals surface area contributed by atoms with E-state index in [-0.39, 0.29) is 12.1 Å². The Balaban J connectivity index is 2.68. The first-order valence-corrected chi connectivity index (χ1v) is 9.53. The highest BCUT2D eigenvalue weighted by Gasteiger charge is 2.34. The maximum absolute atomic E-state index is 12.6. The van der Waals surface area contributed by atoms with E-state index in [0.29, 0.717) is 30.1 Å². The normalized spacial score (nSPS) is 24.2. The molecule has 1 fully saturated rings. The molecule has 0 N–H and O–H groups in total. The van der Waals surface area contributed by atoms with Crippen LogP contribution in [0.5, 0.6) is 0 Å². The summed E-state index contributed by atoms with van der Waals surface area (Å²) >= 11 is 0. The second-order valence-corrected chi connectivity index (χ2v) is 7.67. The molecule has 0 spiro atoms. The monoisotopic (exact) mass is 336 g/mol. The third kappa shape index (κ3) is 6.70. The van der Waals surface area contributed by atoms with E-state index < -0.39 is 0 Å². The minimum absolute atomic E-state index is 0.00911. The van der Waals surface area contributed by atoms with Gasteiger partial charge in [0.1, 0.15) is 12.7 Å². The summed E-state index contributed by atoms with van der Waals surface area (Å²) in [6.45, 7) is 13.0. The van der Waals surface area contributed by atoms with E-state index >= 15 is 0 Å². The Bertz CT molecular complexity index is 444. The highest BCUT2D eigenvalue weighted by molar-refractivity contribution is 5.87. The van der Waals surface area contributed by atoms with Crippen molar-refractivity contribution in [3.63, 3.8) is 0 Å². The molecule has 24 heavy (non-hydrogen) atoms. The Morgan fingerprint density at radius 3 is 2.50 bits per heavy atom. The van der Waals surface area contributed by atoms with Crippen LogP contribution in [0, 0.1) is 17.8 Å². The molecule has 3 atom stereocenters. The second-order valence-electron chi connectivity index (χ2n) is 7.67. The number of unbranched alkanes of at least 4 members (excludes halogenated alkanes) is 1. The molecule has 1 aliphatic carbocycles. The largest absolute Gasteiger partial charge is 0.482 e. The quantitative estimate of drug-likeness (QED) is 0.248. The van der Waals surface area contributed by atoms with Crippen LogP contribution in [0.3, 0.4) is 0 Å². The van der Waals surface area contributed by atoms with Crippen LogP contribution < -0.4 is 0 Å². The lowest BCUT2D eigenvalue weighted by Gasteiger charge is -2.36. The fourth-order valence-corrected chi connectivity index (χ4v) is 3.33. The van der Waals surface area contributed by atoms with Crippen molar-refractivity contribution in [3.05, 3.63) is 23.5 Å². The van der Waals surface area contributed by atoms with E-state index in [4.69, 9.17) is 9.47 Å². The summed E-state index contributed by atoms with van der Waals surface area (Å²) in [6, 6.07) is 0. The predicted molar refractivity (Wildman–Crippen MR) is 99.6 cm³/mol. The van der Waals surface area contributed by atoms with E-state index in [1.54, 1.807) is 0 Å². The summed E-state index contributed by atoms with van der Waals surface area (Å²) < 4.78 is 11.6. The summed E-state index contributed by atoms with van der Waals surface area (Å²) in [5.74, 6) is 1.67. The molecule has 0 aromatic carbocycles. The molecule has 1 saturated carbocycles. The highest BCUT2D eigenvalue weighted by atomic mass is 16.6. The van der Waals surface area contributed by atoms with Gasteiger partial charge in [-0.15, -0.1) is 0 Å². The SMILES string of the molecule is CCC/C=C/COC(C(=O)O[C@@H]1C[C@H](C)CC[C@H]1C(C)C)=C(C)C. The minimum Gasteiger partial charge on any atom is -0.482 e. The molecule has 0 bridgehead atoms. The lowest BCUT2D eigenvalue weighted by atomic mass is 9.75. The molecule has 0 radical (unpaired) electrons. The summed E-state index contributed by atoms with van der Waals surface area (Å²) in [4.78, 5) is 12.6. The Hall–Kier alpha value is -1.25. The molecular weight excluding hydrogens is 300 g/mol. The smallest absolute Gasteiger partial charge is 0.373 e. The van der Waals surface area contributed by atoms with Crippen molar-refractivity contribution in [2.24, 2.45) is 17.8 Å². The summed E-state index contributed by atoms with van der Waals surface area (Å²) in [6.07, 6.45) is 9.55. The molecule has 0 aromatic heterocycles. The molecule has 3 nitrogen and oxygen atoms in total. The number of ether oxygens (including phenoxy) is 2. The van der Waals surface area contributed by atoms with Gasteiger partial charge in [-0.2, -0.15) is 0 Å². The number of hydrogen-bond acceptors (Lipinski definition) is 3. The first-order valence-electron chi connectivity index (χ1n) is 9.53. The number of esters is 1. The average Bonchev–Trinajstić information content (AvgIpc) is 2.50. The van der Waals surface area contributed by atoms with Crippen molar-refractivity contribution < 1.29 is 14.3 Å². The summed E-state index contributed by atoms with van der Waals surface area (Å²) in [7, 11) is 0. The second kappa shape index (κ2) is 10.6. The van der Waals surface area contributed by atoms with Gasteiger partial charge in [0.2, 0.25) is 5.76 Å². The number of carbonyl (C=O) groups excluding carboxylic acids is 1. The van der Waals surface area contributed by atoms with Crippen LogP contribution in [-0.2, 0) is 14.3 Å². The van der Waals surface area contributed by atoms with E-state index in [9.17, 15) is 4.79 Å². The van der Waals surface area contributed by atoms with Crippen molar-refractivity contribution in [3.8, 4) is 0 Å². The molecular formula is C21H36O3. The number of rotatable bonds is 8. The van der Waals surface area contributed by atoms with Crippen molar-refractivity contribution in [1.29, 1.82) is 0 Å². The molecule has 138 valence electrons. The Morgan fingerprint density at radius 1 is 1.21 bits per heavy atom. The predicted octanol–water partition coefficient (Wildman–Crippen LogP) is 5.66. The summed E-state index contributed by atoms with van der Waals surface area (Å²) in [5, 5.41) is 0. The standard InChI is InChI=1S/C21H36O3/c1-7-8-9-10-13-23-20(16(4)5)21(22)24-19-14-17(6)11-12-18(19)15(2)3/h9-10,15,17-19H,7-8,11-14H2,1-6H3/b10-9+/t17-,18+,19-/m1/s1. The van der Waals surface area contributed by atoms with Crippen molar-refractivity contribution in [2.45, 2.75) is 79.8 Å². The Morgan fingerprint density at radius 2 is 1.92 bits per heavy atom. The van der Waals surface area contributed by atoms with Gasteiger partial charge in [-0.05, 0) is 56.4 Å². The molecule has 0 saturated heterocycles. The zero-order chi connectivity index (χ0) is 18.1. The first kappa shape index (κ1) is 20.8. The fraction of sp³-hybridized carbons (Fsp3) is 0.762. The van der Waals surface area contributed by atoms with Gasteiger partial charge in [-0.3, -0.25) is 0 Å². The molecule has 0 amide bonds. The topological polar surface area (TPSA) is 35.5 Å². The molecule has 0 aromatic rings. The van der Waals surface area contributed by atoms with Gasteiger partial charge < -0.3 is 9.47 Å². The van der Waals surface area contributed by atoms with Crippen molar-refractivity contribution in [1.82, 2.24) is 0 Å². The lowest BCUT2D eigenvalue weighted by molar-refractivity contribution is -0.155. The lowest BCUT2D eigenvalue weighted by Crippen LogP contribution is -2.36. The molecule has 1 aliphatic rings. The minimum atomic E-state index is -0.302. The fourth-order valence-electron chi connectivity index (χ4n) is 3.33. The third-order valence-electron chi connectivity index (χ3n) is 4.81. The van der Waals surface area contributed by atoms with Gasteiger partial charge in [-0.1, -0.05) is 52.7 Å². The Labute approximate surface area is 148 Å².